The molecule has 9 nitrogen and oxygen atoms in total. The second kappa shape index (κ2) is 11.0. The molecule has 0 unspecified atom stereocenters. The first kappa shape index (κ1) is 28.5. The third-order valence-electron chi connectivity index (χ3n) is 6.79. The normalized spacial score (nSPS) is 15.3. The maximum atomic E-state index is 14.0. The molecule has 2 heterocycles. The number of Topliss-reactive ketones (excluding diaryl/α,β-unsaturated/α-hetero) is 1. The van der Waals surface area contributed by atoms with Gasteiger partial charge in [-0.2, -0.15) is 5.26 Å². The van der Waals surface area contributed by atoms with Gasteiger partial charge in [0.15, 0.2) is 9.84 Å². The fraction of sp³-hybridized carbons (Fsp3) is 0.357. The van der Waals surface area contributed by atoms with Gasteiger partial charge in [0.2, 0.25) is 5.78 Å². The van der Waals surface area contributed by atoms with Crippen LogP contribution in [0.5, 0.6) is 0 Å². The van der Waals surface area contributed by atoms with Gasteiger partial charge < -0.3 is 9.64 Å². The third kappa shape index (κ3) is 5.78. The Kier molecular flexibility index (Phi) is 8.02. The summed E-state index contributed by atoms with van der Waals surface area (Å²) >= 11 is 0. The van der Waals surface area contributed by atoms with Gasteiger partial charge in [-0.25, -0.2) is 20.8 Å². The van der Waals surface area contributed by atoms with E-state index < -0.39 is 30.9 Å². The smallest absolute Gasteiger partial charge is 0.268 e. The SMILES string of the molecule is Cc1ccc(S(=O)(=O)n2c(C(=O)/C(C#N)=C/N(C)C)cc3cc(C)c(CS(=O)(=O)C4CCOCC4)cc32)cc1. The van der Waals surface area contributed by atoms with E-state index in [1.807, 2.05) is 13.0 Å². The minimum atomic E-state index is -4.30. The lowest BCUT2D eigenvalue weighted by atomic mass is 10.1. The molecule has 1 fully saturated rings. The van der Waals surface area contributed by atoms with Crippen LogP contribution in [0.3, 0.4) is 0 Å². The van der Waals surface area contributed by atoms with Crippen LogP contribution in [-0.2, 0) is 30.4 Å². The fourth-order valence-electron chi connectivity index (χ4n) is 4.68. The molecule has 4 rings (SSSR count). The van der Waals surface area contributed by atoms with E-state index in [0.717, 1.165) is 9.54 Å². The Bertz CT molecular complexity index is 1710. The van der Waals surface area contributed by atoms with Gasteiger partial charge in [0, 0.05) is 38.9 Å². The molecule has 1 saturated heterocycles. The number of fused-ring (bicyclic) bond motifs is 1. The number of aryl methyl sites for hydroxylation is 2. The Hall–Kier alpha value is -3.46. The average Bonchev–Trinajstić information content (AvgIpc) is 3.26. The van der Waals surface area contributed by atoms with Crippen LogP contribution >= 0.6 is 0 Å². The van der Waals surface area contributed by atoms with E-state index in [0.29, 0.717) is 42.6 Å². The lowest BCUT2D eigenvalue weighted by Crippen LogP contribution is -2.30. The number of ether oxygens (including phenoxy) is 1. The molecule has 0 aliphatic carbocycles. The molecule has 0 bridgehead atoms. The van der Waals surface area contributed by atoms with E-state index in [2.05, 4.69) is 0 Å². The van der Waals surface area contributed by atoms with Crippen molar-refractivity contribution in [2.24, 2.45) is 0 Å². The Morgan fingerprint density at radius 1 is 1.08 bits per heavy atom. The van der Waals surface area contributed by atoms with E-state index in [-0.39, 0.29) is 27.4 Å². The summed E-state index contributed by atoms with van der Waals surface area (Å²) in [4.78, 5) is 15.0. The molecule has 206 valence electrons. The number of hydrogen-bond donors (Lipinski definition) is 0. The third-order valence-corrected chi connectivity index (χ3v) is 10.7. The van der Waals surface area contributed by atoms with Crippen molar-refractivity contribution in [2.75, 3.05) is 27.3 Å². The number of carbonyl (C=O) groups excluding carboxylic acids is 1. The Morgan fingerprint density at radius 3 is 2.31 bits per heavy atom. The van der Waals surface area contributed by atoms with Crippen molar-refractivity contribution in [3.63, 3.8) is 0 Å². The summed E-state index contributed by atoms with van der Waals surface area (Å²) in [6.07, 6.45) is 2.16. The summed E-state index contributed by atoms with van der Waals surface area (Å²) in [5.74, 6) is -1.02. The standard InChI is InChI=1S/C28H31N3O6S2/c1-19-5-7-25(8-6-19)39(35,36)31-26-15-22(18-38(33,34)24-9-11-37-12-10-24)20(2)13-21(26)14-27(31)28(32)23(16-29)17-30(3)4/h5-8,13-15,17,24H,9-12,18H2,1-4H3/b23-17+. The number of benzene rings is 2. The Balaban J connectivity index is 1.95. The lowest BCUT2D eigenvalue weighted by Gasteiger charge is -2.22. The van der Waals surface area contributed by atoms with Crippen LogP contribution in [-0.4, -0.2) is 64.1 Å². The number of carbonyl (C=O) groups is 1. The van der Waals surface area contributed by atoms with Crippen LogP contribution in [0, 0.1) is 25.2 Å². The summed E-state index contributed by atoms with van der Waals surface area (Å²) in [6, 6.07) is 12.7. The summed E-state index contributed by atoms with van der Waals surface area (Å²) in [5, 5.41) is 9.58. The van der Waals surface area contributed by atoms with Gasteiger partial charge in [-0.3, -0.25) is 4.79 Å². The number of nitrogens with zero attached hydrogens (tertiary/aromatic N) is 3. The van der Waals surface area contributed by atoms with Gasteiger partial charge in [0.1, 0.15) is 17.3 Å². The van der Waals surface area contributed by atoms with Gasteiger partial charge in [-0.05, 0) is 68.1 Å². The first-order valence-electron chi connectivity index (χ1n) is 12.4. The molecule has 0 N–H and O–H groups in total. The minimum absolute atomic E-state index is 0.0355. The number of ketones is 1. The predicted molar refractivity (Wildman–Crippen MR) is 149 cm³/mol. The molecule has 2 aromatic carbocycles. The molecule has 1 aliphatic heterocycles. The van der Waals surface area contributed by atoms with Crippen LogP contribution in [0.4, 0.5) is 0 Å². The van der Waals surface area contributed by atoms with E-state index in [4.69, 9.17) is 4.74 Å². The molecule has 11 heteroatoms. The number of sulfone groups is 1. The second-order valence-corrected chi connectivity index (χ2v) is 14.1. The molecule has 39 heavy (non-hydrogen) atoms. The maximum Gasteiger partial charge on any atom is 0.268 e. The highest BCUT2D eigenvalue weighted by atomic mass is 32.2. The van der Waals surface area contributed by atoms with Gasteiger partial charge in [0.25, 0.3) is 10.0 Å². The van der Waals surface area contributed by atoms with E-state index in [1.165, 1.54) is 35.4 Å². The average molecular weight is 570 g/mol. The van der Waals surface area contributed by atoms with Crippen molar-refractivity contribution < 1.29 is 26.4 Å². The minimum Gasteiger partial charge on any atom is -0.382 e. The summed E-state index contributed by atoms with van der Waals surface area (Å²) < 4.78 is 60.7. The number of rotatable bonds is 8. The highest BCUT2D eigenvalue weighted by Crippen LogP contribution is 2.31. The van der Waals surface area contributed by atoms with Crippen LogP contribution in [0.15, 0.2) is 59.1 Å². The summed E-state index contributed by atoms with van der Waals surface area (Å²) in [7, 11) is -4.53. The zero-order valence-electron chi connectivity index (χ0n) is 22.3. The molecule has 1 aliphatic rings. The first-order valence-corrected chi connectivity index (χ1v) is 15.6. The van der Waals surface area contributed by atoms with Crippen LogP contribution in [0.2, 0.25) is 0 Å². The molecule has 0 atom stereocenters. The van der Waals surface area contributed by atoms with Crippen molar-refractivity contribution in [3.05, 3.63) is 76.6 Å². The van der Waals surface area contributed by atoms with Crippen LogP contribution in [0.25, 0.3) is 10.9 Å². The zero-order chi connectivity index (χ0) is 28.5. The zero-order valence-corrected chi connectivity index (χ0v) is 24.0. The van der Waals surface area contributed by atoms with Crippen molar-refractivity contribution in [1.29, 1.82) is 5.26 Å². The van der Waals surface area contributed by atoms with Crippen molar-refractivity contribution in [3.8, 4) is 6.07 Å². The molecular formula is C28H31N3O6S2. The van der Waals surface area contributed by atoms with Crippen LogP contribution < -0.4 is 0 Å². The van der Waals surface area contributed by atoms with Crippen molar-refractivity contribution in [2.45, 2.75) is 42.6 Å². The molecule has 3 aromatic rings. The summed E-state index contributed by atoms with van der Waals surface area (Å²) in [6.45, 7) is 4.35. The highest BCUT2D eigenvalue weighted by molar-refractivity contribution is 7.91. The van der Waals surface area contributed by atoms with Gasteiger partial charge in [-0.15, -0.1) is 0 Å². The van der Waals surface area contributed by atoms with Gasteiger partial charge in [0.05, 0.1) is 21.4 Å². The Labute approximate surface area is 229 Å². The van der Waals surface area contributed by atoms with Crippen molar-refractivity contribution in [1.82, 2.24) is 8.87 Å². The Morgan fingerprint density at radius 2 is 1.72 bits per heavy atom. The maximum absolute atomic E-state index is 14.0. The molecule has 0 spiro atoms. The van der Waals surface area contributed by atoms with Gasteiger partial charge in [-0.1, -0.05) is 17.7 Å². The molecular weight excluding hydrogens is 538 g/mol. The second-order valence-electron chi connectivity index (χ2n) is 10.0. The van der Waals surface area contributed by atoms with E-state index in [9.17, 15) is 26.9 Å². The van der Waals surface area contributed by atoms with Crippen LogP contribution in [0.1, 0.15) is 40.0 Å². The molecule has 0 saturated carbocycles. The largest absolute Gasteiger partial charge is 0.382 e. The molecule has 1 aromatic heterocycles. The predicted octanol–water partition coefficient (Wildman–Crippen LogP) is 3.74. The van der Waals surface area contributed by atoms with E-state index >= 15 is 0 Å². The fourth-order valence-corrected chi connectivity index (χ4v) is 8.07. The van der Waals surface area contributed by atoms with E-state index in [1.54, 1.807) is 39.2 Å². The highest BCUT2D eigenvalue weighted by Gasteiger charge is 2.31. The van der Waals surface area contributed by atoms with Crippen molar-refractivity contribution >= 4 is 36.5 Å². The lowest BCUT2D eigenvalue weighted by molar-refractivity contribution is 0.0983. The monoisotopic (exact) mass is 569 g/mol. The first-order chi connectivity index (χ1) is 18.3. The number of nitriles is 1. The quantitative estimate of drug-likeness (QED) is 0.228. The number of allylic oxidation sites excluding steroid dienone is 1. The number of hydrogen-bond acceptors (Lipinski definition) is 8. The number of aromatic nitrogens is 1. The molecule has 0 amide bonds. The summed E-state index contributed by atoms with van der Waals surface area (Å²) in [5.41, 5.74) is 1.71. The molecule has 0 radical (unpaired) electrons. The van der Waals surface area contributed by atoms with Gasteiger partial charge >= 0.3 is 0 Å². The topological polar surface area (TPSA) is 127 Å².